The lowest BCUT2D eigenvalue weighted by molar-refractivity contribution is 0.776. The SMILES string of the molecule is NCCCC1=CC=CCC1. The Morgan fingerprint density at radius 2 is 2.40 bits per heavy atom. The summed E-state index contributed by atoms with van der Waals surface area (Å²) < 4.78 is 0. The van der Waals surface area contributed by atoms with Crippen LogP contribution < -0.4 is 5.73 Å². The van der Waals surface area contributed by atoms with Crippen LogP contribution >= 0.6 is 0 Å². The van der Waals surface area contributed by atoms with Gasteiger partial charge in [0.25, 0.3) is 0 Å². The van der Waals surface area contributed by atoms with Crippen LogP contribution in [0.3, 0.4) is 0 Å². The molecule has 1 rings (SSSR count). The number of rotatable bonds is 3. The number of allylic oxidation sites excluding steroid dienone is 4. The van der Waals surface area contributed by atoms with E-state index in [1.165, 1.54) is 19.3 Å². The molecule has 1 nitrogen and oxygen atoms in total. The van der Waals surface area contributed by atoms with E-state index in [9.17, 15) is 0 Å². The third-order valence-electron chi connectivity index (χ3n) is 1.80. The Labute approximate surface area is 62.6 Å². The lowest BCUT2D eigenvalue weighted by atomic mass is 10.0. The smallest absolute Gasteiger partial charge is 0.00742 e. The van der Waals surface area contributed by atoms with Gasteiger partial charge in [-0.15, -0.1) is 0 Å². The summed E-state index contributed by atoms with van der Waals surface area (Å²) in [6, 6.07) is 0. The first-order valence-electron chi connectivity index (χ1n) is 3.98. The highest BCUT2D eigenvalue weighted by Gasteiger charge is 1.97. The molecular weight excluding hydrogens is 122 g/mol. The van der Waals surface area contributed by atoms with Crippen molar-refractivity contribution in [3.8, 4) is 0 Å². The van der Waals surface area contributed by atoms with Crippen LogP contribution in [0.5, 0.6) is 0 Å². The standard InChI is InChI=1S/C9H15N/c10-8-4-7-9-5-2-1-3-6-9/h1-2,5H,3-4,6-8,10H2. The summed E-state index contributed by atoms with van der Waals surface area (Å²) >= 11 is 0. The van der Waals surface area contributed by atoms with Gasteiger partial charge in [0.05, 0.1) is 0 Å². The van der Waals surface area contributed by atoms with Crippen LogP contribution in [0, 0.1) is 0 Å². The van der Waals surface area contributed by atoms with E-state index in [1.54, 1.807) is 5.57 Å². The zero-order valence-corrected chi connectivity index (χ0v) is 6.34. The van der Waals surface area contributed by atoms with Crippen molar-refractivity contribution in [2.45, 2.75) is 25.7 Å². The molecule has 0 radical (unpaired) electrons. The second-order valence-corrected chi connectivity index (χ2v) is 2.68. The molecule has 0 aliphatic heterocycles. The summed E-state index contributed by atoms with van der Waals surface area (Å²) in [5.41, 5.74) is 6.96. The summed E-state index contributed by atoms with van der Waals surface area (Å²) in [6.07, 6.45) is 11.4. The molecule has 0 aromatic carbocycles. The molecule has 0 spiro atoms. The van der Waals surface area contributed by atoms with Gasteiger partial charge < -0.3 is 5.73 Å². The maximum Gasteiger partial charge on any atom is -0.00742 e. The first-order chi connectivity index (χ1) is 4.93. The topological polar surface area (TPSA) is 26.0 Å². The Bertz CT molecular complexity index is 145. The van der Waals surface area contributed by atoms with Crippen LogP contribution in [-0.2, 0) is 0 Å². The van der Waals surface area contributed by atoms with Gasteiger partial charge in [0.15, 0.2) is 0 Å². The van der Waals surface area contributed by atoms with Gasteiger partial charge in [-0.05, 0) is 32.2 Å². The van der Waals surface area contributed by atoms with Gasteiger partial charge in [0.2, 0.25) is 0 Å². The average Bonchev–Trinajstić information content (AvgIpc) is 2.03. The van der Waals surface area contributed by atoms with Gasteiger partial charge in [-0.3, -0.25) is 0 Å². The maximum absolute atomic E-state index is 5.40. The number of nitrogens with two attached hydrogens (primary N) is 1. The molecule has 1 aliphatic carbocycles. The van der Waals surface area contributed by atoms with E-state index in [0.29, 0.717) is 0 Å². The largest absolute Gasteiger partial charge is 0.330 e. The predicted molar refractivity (Wildman–Crippen MR) is 44.7 cm³/mol. The number of hydrogen-bond acceptors (Lipinski definition) is 1. The van der Waals surface area contributed by atoms with Crippen molar-refractivity contribution in [3.63, 3.8) is 0 Å². The van der Waals surface area contributed by atoms with E-state index < -0.39 is 0 Å². The van der Waals surface area contributed by atoms with E-state index in [-0.39, 0.29) is 0 Å². The zero-order chi connectivity index (χ0) is 7.23. The molecule has 56 valence electrons. The Kier molecular flexibility index (Phi) is 3.23. The fourth-order valence-electron chi connectivity index (χ4n) is 1.19. The van der Waals surface area contributed by atoms with E-state index in [0.717, 1.165) is 13.0 Å². The van der Waals surface area contributed by atoms with Crippen LogP contribution in [0.15, 0.2) is 23.8 Å². The van der Waals surface area contributed by atoms with Crippen molar-refractivity contribution in [2.75, 3.05) is 6.54 Å². The average molecular weight is 137 g/mol. The van der Waals surface area contributed by atoms with Crippen molar-refractivity contribution in [1.29, 1.82) is 0 Å². The molecule has 0 aromatic heterocycles. The summed E-state index contributed by atoms with van der Waals surface area (Å²) in [5, 5.41) is 0. The maximum atomic E-state index is 5.40. The third kappa shape index (κ3) is 2.36. The summed E-state index contributed by atoms with van der Waals surface area (Å²) in [7, 11) is 0. The van der Waals surface area contributed by atoms with Crippen LogP contribution in [-0.4, -0.2) is 6.54 Å². The Morgan fingerprint density at radius 3 is 3.00 bits per heavy atom. The molecule has 0 atom stereocenters. The van der Waals surface area contributed by atoms with E-state index >= 15 is 0 Å². The molecule has 0 saturated carbocycles. The first-order valence-corrected chi connectivity index (χ1v) is 3.98. The highest BCUT2D eigenvalue weighted by molar-refractivity contribution is 5.17. The van der Waals surface area contributed by atoms with E-state index in [2.05, 4.69) is 18.2 Å². The van der Waals surface area contributed by atoms with Crippen LogP contribution in [0.1, 0.15) is 25.7 Å². The van der Waals surface area contributed by atoms with Crippen molar-refractivity contribution in [3.05, 3.63) is 23.8 Å². The van der Waals surface area contributed by atoms with Crippen LogP contribution in [0.4, 0.5) is 0 Å². The van der Waals surface area contributed by atoms with Gasteiger partial charge in [0, 0.05) is 0 Å². The van der Waals surface area contributed by atoms with Gasteiger partial charge in [-0.2, -0.15) is 0 Å². The normalized spacial score (nSPS) is 17.1. The minimum atomic E-state index is 0.820. The second kappa shape index (κ2) is 4.29. The van der Waals surface area contributed by atoms with Gasteiger partial charge in [-0.25, -0.2) is 0 Å². The quantitative estimate of drug-likeness (QED) is 0.632. The molecule has 1 heteroatoms. The molecule has 0 aromatic rings. The van der Waals surface area contributed by atoms with Gasteiger partial charge in [0.1, 0.15) is 0 Å². The minimum absolute atomic E-state index is 0.820. The summed E-state index contributed by atoms with van der Waals surface area (Å²) in [5.74, 6) is 0. The number of hydrogen-bond donors (Lipinski definition) is 1. The van der Waals surface area contributed by atoms with E-state index in [4.69, 9.17) is 5.73 Å². The molecule has 0 bridgehead atoms. The fraction of sp³-hybridized carbons (Fsp3) is 0.556. The summed E-state index contributed by atoms with van der Waals surface area (Å²) in [4.78, 5) is 0. The molecule has 2 N–H and O–H groups in total. The zero-order valence-electron chi connectivity index (χ0n) is 6.34. The van der Waals surface area contributed by atoms with Crippen molar-refractivity contribution >= 4 is 0 Å². The van der Waals surface area contributed by atoms with Gasteiger partial charge in [-0.1, -0.05) is 23.8 Å². The lowest BCUT2D eigenvalue weighted by Crippen LogP contribution is -1.99. The van der Waals surface area contributed by atoms with Crippen molar-refractivity contribution in [1.82, 2.24) is 0 Å². The predicted octanol–water partition coefficient (Wildman–Crippen LogP) is 2.00. The first kappa shape index (κ1) is 7.55. The molecule has 0 amide bonds. The molecule has 1 aliphatic rings. The molecule has 0 unspecified atom stereocenters. The van der Waals surface area contributed by atoms with Crippen LogP contribution in [0.2, 0.25) is 0 Å². The lowest BCUT2D eigenvalue weighted by Gasteiger charge is -2.06. The Hall–Kier alpha value is -0.560. The molecular formula is C9H15N. The molecule has 0 fully saturated rings. The van der Waals surface area contributed by atoms with E-state index in [1.807, 2.05) is 0 Å². The molecule has 0 heterocycles. The third-order valence-corrected chi connectivity index (χ3v) is 1.80. The summed E-state index contributed by atoms with van der Waals surface area (Å²) in [6.45, 7) is 0.820. The highest BCUT2D eigenvalue weighted by Crippen LogP contribution is 2.15. The van der Waals surface area contributed by atoms with Gasteiger partial charge >= 0.3 is 0 Å². The minimum Gasteiger partial charge on any atom is -0.330 e. The second-order valence-electron chi connectivity index (χ2n) is 2.68. The fourth-order valence-corrected chi connectivity index (χ4v) is 1.19. The molecule has 0 saturated heterocycles. The highest BCUT2D eigenvalue weighted by atomic mass is 14.5. The Balaban J connectivity index is 2.25. The van der Waals surface area contributed by atoms with Crippen molar-refractivity contribution < 1.29 is 0 Å². The van der Waals surface area contributed by atoms with Crippen LogP contribution in [0.25, 0.3) is 0 Å². The molecule has 10 heavy (non-hydrogen) atoms. The Morgan fingerprint density at radius 1 is 1.50 bits per heavy atom. The van der Waals surface area contributed by atoms with Crippen molar-refractivity contribution in [2.24, 2.45) is 5.73 Å². The monoisotopic (exact) mass is 137 g/mol.